The van der Waals surface area contributed by atoms with Crippen LogP contribution in [-0.2, 0) is 28.5 Å². The summed E-state index contributed by atoms with van der Waals surface area (Å²) in [4.78, 5) is 25.4. The van der Waals surface area contributed by atoms with Crippen molar-refractivity contribution in [2.24, 2.45) is 11.3 Å². The highest BCUT2D eigenvalue weighted by Crippen LogP contribution is 2.75. The average Bonchev–Trinajstić information content (AvgIpc) is 3.09. The van der Waals surface area contributed by atoms with Gasteiger partial charge in [0.1, 0.15) is 42.4 Å². The summed E-state index contributed by atoms with van der Waals surface area (Å²) in [5.74, 6) is -2.29. The van der Waals surface area contributed by atoms with Gasteiger partial charge in [0.15, 0.2) is 12.1 Å². The lowest BCUT2D eigenvalue weighted by atomic mass is 9.49. The maximum absolute atomic E-state index is 12.7. The number of ketones is 1. The Labute approximate surface area is 189 Å². The molecule has 1 spiro atoms. The zero-order chi connectivity index (χ0) is 23.2. The summed E-state index contributed by atoms with van der Waals surface area (Å²) in [6.07, 6.45) is -6.14. The van der Waals surface area contributed by atoms with Gasteiger partial charge < -0.3 is 39.0 Å². The van der Waals surface area contributed by atoms with E-state index in [2.05, 4.69) is 0 Å². The van der Waals surface area contributed by atoms with Gasteiger partial charge in [-0.05, 0) is 25.5 Å². The van der Waals surface area contributed by atoms with E-state index in [9.17, 15) is 24.9 Å². The molecule has 5 aliphatic rings. The molecule has 1 aromatic carbocycles. The summed E-state index contributed by atoms with van der Waals surface area (Å²) < 4.78 is 30.3. The first-order valence-corrected chi connectivity index (χ1v) is 11.2. The van der Waals surface area contributed by atoms with Gasteiger partial charge in [-0.2, -0.15) is 0 Å². The number of ether oxygens (including phenoxy) is 5. The molecular formula is C23H26O10. The average molecular weight is 462 g/mol. The van der Waals surface area contributed by atoms with Gasteiger partial charge in [-0.3, -0.25) is 4.79 Å². The van der Waals surface area contributed by atoms with E-state index in [1.807, 2.05) is 0 Å². The first-order valence-electron chi connectivity index (χ1n) is 11.2. The molecule has 0 radical (unpaired) electrons. The van der Waals surface area contributed by atoms with Gasteiger partial charge in [0.25, 0.3) is 0 Å². The minimum atomic E-state index is -1.37. The van der Waals surface area contributed by atoms with Gasteiger partial charge in [0.2, 0.25) is 0 Å². The molecule has 3 saturated heterocycles. The summed E-state index contributed by atoms with van der Waals surface area (Å²) in [6, 6.07) is 8.56. The lowest BCUT2D eigenvalue weighted by Crippen LogP contribution is -2.79. The second-order valence-electron chi connectivity index (χ2n) is 9.70. The summed E-state index contributed by atoms with van der Waals surface area (Å²) >= 11 is 0. The predicted molar refractivity (Wildman–Crippen MR) is 107 cm³/mol. The van der Waals surface area contributed by atoms with Crippen LogP contribution in [0.4, 0.5) is 0 Å². The molecule has 1 aromatic rings. The molecule has 3 N–H and O–H groups in total. The van der Waals surface area contributed by atoms with Crippen LogP contribution in [0.25, 0.3) is 0 Å². The maximum Gasteiger partial charge on any atom is 0.338 e. The summed E-state index contributed by atoms with van der Waals surface area (Å²) in [5, 5.41) is 30.4. The van der Waals surface area contributed by atoms with Crippen LogP contribution in [0.15, 0.2) is 30.3 Å². The Hall–Kier alpha value is -1.92. The number of fused-ring (bicyclic) bond motifs is 1. The number of rotatable bonds is 4. The van der Waals surface area contributed by atoms with Crippen LogP contribution in [0.5, 0.6) is 0 Å². The van der Waals surface area contributed by atoms with E-state index >= 15 is 0 Å². The first-order chi connectivity index (χ1) is 15.8. The Balaban J connectivity index is 1.33. The second kappa shape index (κ2) is 7.05. The van der Waals surface area contributed by atoms with Crippen LogP contribution in [0.3, 0.4) is 0 Å². The topological polar surface area (TPSA) is 141 Å². The molecule has 2 saturated carbocycles. The van der Waals surface area contributed by atoms with Gasteiger partial charge in [0, 0.05) is 12.3 Å². The van der Waals surface area contributed by atoms with E-state index in [1.54, 1.807) is 37.3 Å². The highest BCUT2D eigenvalue weighted by molar-refractivity contribution is 5.90. The maximum atomic E-state index is 12.7. The van der Waals surface area contributed by atoms with Gasteiger partial charge in [-0.15, -0.1) is 0 Å². The highest BCUT2D eigenvalue weighted by atomic mass is 16.8. The van der Waals surface area contributed by atoms with Crippen molar-refractivity contribution in [3.8, 4) is 0 Å². The molecule has 3 unspecified atom stereocenters. The molecule has 0 amide bonds. The van der Waals surface area contributed by atoms with Crippen LogP contribution >= 0.6 is 0 Å². The van der Waals surface area contributed by atoms with E-state index in [0.717, 1.165) is 0 Å². The normalized spacial score (nSPS) is 49.6. The first kappa shape index (κ1) is 21.6. The fourth-order valence-electron chi connectivity index (χ4n) is 6.60. The number of Topliss-reactive ketones (excluding diaryl/α,β-unsaturated/α-hetero) is 1. The zero-order valence-corrected chi connectivity index (χ0v) is 18.0. The lowest BCUT2D eigenvalue weighted by Gasteiger charge is -2.65. The quantitative estimate of drug-likeness (QED) is 0.503. The Morgan fingerprint density at radius 2 is 1.91 bits per heavy atom. The van der Waals surface area contributed by atoms with E-state index in [-0.39, 0.29) is 25.2 Å². The van der Waals surface area contributed by atoms with Crippen molar-refractivity contribution >= 4 is 11.8 Å². The Morgan fingerprint density at radius 3 is 2.64 bits per heavy atom. The third-order valence-corrected chi connectivity index (χ3v) is 8.27. The molecule has 10 atom stereocenters. The number of hydrogen-bond acceptors (Lipinski definition) is 10. The Kier molecular flexibility index (Phi) is 4.61. The van der Waals surface area contributed by atoms with Crippen molar-refractivity contribution in [2.75, 3.05) is 13.2 Å². The van der Waals surface area contributed by atoms with Gasteiger partial charge in [-0.1, -0.05) is 18.2 Å². The van der Waals surface area contributed by atoms with Gasteiger partial charge in [-0.25, -0.2) is 4.79 Å². The summed E-state index contributed by atoms with van der Waals surface area (Å²) in [7, 11) is 0. The van der Waals surface area contributed by atoms with Gasteiger partial charge >= 0.3 is 5.97 Å². The largest absolute Gasteiger partial charge is 0.461 e. The third kappa shape index (κ3) is 2.57. The number of aliphatic hydroxyl groups excluding tert-OH is 3. The van der Waals surface area contributed by atoms with Crippen molar-refractivity contribution in [3.63, 3.8) is 0 Å². The number of carbonyl (C=O) groups excluding carboxylic acids is 2. The molecule has 178 valence electrons. The fraction of sp³-hybridized carbons (Fsp3) is 0.652. The predicted octanol–water partition coefficient (Wildman–Crippen LogP) is -0.469. The molecular weight excluding hydrogens is 436 g/mol. The van der Waals surface area contributed by atoms with Crippen molar-refractivity contribution in [1.29, 1.82) is 0 Å². The monoisotopic (exact) mass is 462 g/mol. The molecule has 0 aromatic heterocycles. The number of carbonyl (C=O) groups is 2. The minimum absolute atomic E-state index is 0.0161. The van der Waals surface area contributed by atoms with E-state index in [4.69, 9.17) is 23.7 Å². The van der Waals surface area contributed by atoms with Crippen molar-refractivity contribution in [2.45, 2.75) is 68.0 Å². The molecule has 3 heterocycles. The standard InChI is InChI=1S/C23H26O10/c1-21-23(33-20-18(32-21)17(27)16(26)14(9-24)30-20)8-12-13(25)7-15(31-21)22(12,23)10-29-19(28)11-5-3-2-4-6-11/h2-6,12,14-18,20,24,26-27H,7-10H2,1H3/t12?,14-,15?,16-,17+,18-,20?,21-,22+,23+/m1/s1. The van der Waals surface area contributed by atoms with Gasteiger partial charge in [0.05, 0.1) is 23.7 Å². The Bertz CT molecular complexity index is 985. The molecule has 3 aliphatic heterocycles. The number of hydrogen-bond donors (Lipinski definition) is 3. The van der Waals surface area contributed by atoms with Crippen LogP contribution in [-0.4, -0.2) is 88.5 Å². The minimum Gasteiger partial charge on any atom is -0.461 e. The second-order valence-corrected chi connectivity index (χ2v) is 9.70. The lowest BCUT2D eigenvalue weighted by molar-refractivity contribution is -0.466. The molecule has 33 heavy (non-hydrogen) atoms. The van der Waals surface area contributed by atoms with E-state index in [0.29, 0.717) is 5.56 Å². The number of aliphatic hydroxyl groups is 3. The highest BCUT2D eigenvalue weighted by Gasteiger charge is 2.89. The Morgan fingerprint density at radius 1 is 1.15 bits per heavy atom. The molecule has 0 bridgehead atoms. The summed E-state index contributed by atoms with van der Waals surface area (Å²) in [5.41, 5.74) is -1.74. The number of benzene rings is 1. The van der Waals surface area contributed by atoms with Crippen LogP contribution < -0.4 is 0 Å². The fourth-order valence-corrected chi connectivity index (χ4v) is 6.60. The smallest absolute Gasteiger partial charge is 0.338 e. The van der Waals surface area contributed by atoms with Crippen LogP contribution in [0.1, 0.15) is 30.1 Å². The van der Waals surface area contributed by atoms with E-state index < -0.39 is 72.1 Å². The van der Waals surface area contributed by atoms with Crippen molar-refractivity contribution in [1.82, 2.24) is 0 Å². The summed E-state index contributed by atoms with van der Waals surface area (Å²) in [6.45, 7) is 1.06. The molecule has 6 rings (SSSR count). The molecule has 5 fully saturated rings. The zero-order valence-electron chi connectivity index (χ0n) is 18.0. The van der Waals surface area contributed by atoms with Crippen LogP contribution in [0.2, 0.25) is 0 Å². The van der Waals surface area contributed by atoms with E-state index in [1.165, 1.54) is 0 Å². The third-order valence-electron chi connectivity index (χ3n) is 8.27. The van der Waals surface area contributed by atoms with Crippen molar-refractivity contribution in [3.05, 3.63) is 35.9 Å². The number of esters is 1. The van der Waals surface area contributed by atoms with Crippen LogP contribution in [0, 0.1) is 11.3 Å². The molecule has 10 heteroatoms. The molecule has 2 aliphatic carbocycles. The molecule has 10 nitrogen and oxygen atoms in total. The SMILES string of the molecule is C[C@]12OC3CC(=O)C4C[C@@]1(OC1O[C@H](CO)[C@@H](O)[C@H](O)[C@H]1O2)[C@]34COC(=O)c1ccccc1. The van der Waals surface area contributed by atoms with Crippen molar-refractivity contribution < 1.29 is 48.6 Å².